The molecule has 4 nitrogen and oxygen atoms in total. The normalized spacial score (nSPS) is 10.3. The predicted octanol–water partition coefficient (Wildman–Crippen LogP) is 2.98. The lowest BCUT2D eigenvalue weighted by atomic mass is 10.1. The molecule has 0 atom stereocenters. The molecule has 110 valence electrons. The Labute approximate surface area is 125 Å². The van der Waals surface area contributed by atoms with Crippen LogP contribution >= 0.6 is 0 Å². The Balaban J connectivity index is 2.10. The second-order valence-electron chi connectivity index (χ2n) is 5.27. The monoisotopic (exact) mass is 284 g/mol. The first-order chi connectivity index (χ1) is 9.95. The van der Waals surface area contributed by atoms with Gasteiger partial charge in [-0.3, -0.25) is 9.78 Å². The first-order valence-electron chi connectivity index (χ1n) is 6.84. The molecule has 1 aromatic heterocycles. The molecule has 0 unspecified atom stereocenters. The largest absolute Gasteiger partial charge is 0.489 e. The highest BCUT2D eigenvalue weighted by molar-refractivity contribution is 5.94. The van der Waals surface area contributed by atoms with Crippen molar-refractivity contribution < 1.29 is 9.53 Å². The summed E-state index contributed by atoms with van der Waals surface area (Å²) in [5.41, 5.74) is 3.50. The van der Waals surface area contributed by atoms with Crippen molar-refractivity contribution in [3.63, 3.8) is 0 Å². The number of hydrogen-bond acceptors (Lipinski definition) is 3. The molecule has 0 bridgehead atoms. The topological polar surface area (TPSA) is 42.4 Å². The summed E-state index contributed by atoms with van der Waals surface area (Å²) < 4.78 is 5.78. The summed E-state index contributed by atoms with van der Waals surface area (Å²) in [7, 11) is 3.49. The van der Waals surface area contributed by atoms with Gasteiger partial charge in [-0.2, -0.15) is 0 Å². The van der Waals surface area contributed by atoms with E-state index in [9.17, 15) is 4.79 Å². The Kier molecular flexibility index (Phi) is 4.58. The number of nitrogens with zero attached hydrogens (tertiary/aromatic N) is 2. The van der Waals surface area contributed by atoms with E-state index in [2.05, 4.69) is 4.98 Å². The number of aromatic nitrogens is 1. The maximum Gasteiger partial charge on any atom is 0.253 e. The van der Waals surface area contributed by atoms with Crippen LogP contribution in [0, 0.1) is 13.8 Å². The van der Waals surface area contributed by atoms with Crippen molar-refractivity contribution in [3.05, 3.63) is 58.9 Å². The van der Waals surface area contributed by atoms with Gasteiger partial charge in [0.1, 0.15) is 12.4 Å². The molecule has 0 aliphatic heterocycles. The number of benzene rings is 1. The van der Waals surface area contributed by atoms with E-state index < -0.39 is 0 Å². The van der Waals surface area contributed by atoms with Crippen molar-refractivity contribution in [2.24, 2.45) is 0 Å². The molecular weight excluding hydrogens is 264 g/mol. The van der Waals surface area contributed by atoms with Crippen molar-refractivity contribution in [1.82, 2.24) is 9.88 Å². The van der Waals surface area contributed by atoms with Crippen LogP contribution in [0.1, 0.15) is 27.3 Å². The van der Waals surface area contributed by atoms with E-state index in [1.807, 2.05) is 50.2 Å². The first-order valence-corrected chi connectivity index (χ1v) is 6.84. The number of hydrogen-bond donors (Lipinski definition) is 0. The van der Waals surface area contributed by atoms with Gasteiger partial charge in [0.2, 0.25) is 0 Å². The van der Waals surface area contributed by atoms with Crippen LogP contribution in [-0.4, -0.2) is 29.9 Å². The highest BCUT2D eigenvalue weighted by Crippen LogP contribution is 2.16. The number of amides is 1. The van der Waals surface area contributed by atoms with Gasteiger partial charge < -0.3 is 9.64 Å². The number of ether oxygens (including phenoxy) is 1. The minimum atomic E-state index is -0.00699. The summed E-state index contributed by atoms with van der Waals surface area (Å²) in [6, 6.07) is 11.3. The van der Waals surface area contributed by atoms with Crippen LogP contribution in [0.25, 0.3) is 0 Å². The Morgan fingerprint density at radius 2 is 1.81 bits per heavy atom. The smallest absolute Gasteiger partial charge is 0.253 e. The Bertz CT molecular complexity index is 631. The minimum absolute atomic E-state index is 0.00699. The molecule has 0 saturated carbocycles. The summed E-state index contributed by atoms with van der Waals surface area (Å²) in [5.74, 6) is 0.789. The molecule has 0 saturated heterocycles. The molecule has 1 aromatic carbocycles. The average molecular weight is 284 g/mol. The van der Waals surface area contributed by atoms with E-state index in [4.69, 9.17) is 4.74 Å². The molecule has 21 heavy (non-hydrogen) atoms. The summed E-state index contributed by atoms with van der Waals surface area (Å²) in [6.07, 6.45) is 0. The maximum atomic E-state index is 11.9. The van der Waals surface area contributed by atoms with Gasteiger partial charge in [0.15, 0.2) is 0 Å². The zero-order valence-electron chi connectivity index (χ0n) is 12.9. The number of carbonyl (C=O) groups excluding carboxylic acids is 1. The van der Waals surface area contributed by atoms with Gasteiger partial charge >= 0.3 is 0 Å². The first kappa shape index (κ1) is 15.0. The van der Waals surface area contributed by atoms with Gasteiger partial charge in [0, 0.05) is 43.2 Å². The molecule has 0 N–H and O–H groups in total. The summed E-state index contributed by atoms with van der Waals surface area (Å²) in [5, 5.41) is 0. The van der Waals surface area contributed by atoms with Crippen molar-refractivity contribution >= 4 is 5.91 Å². The quantitative estimate of drug-likeness (QED) is 0.867. The number of pyridine rings is 1. The number of rotatable bonds is 4. The third-order valence-corrected chi connectivity index (χ3v) is 3.04. The lowest BCUT2D eigenvalue weighted by Crippen LogP contribution is -2.21. The minimum Gasteiger partial charge on any atom is -0.489 e. The SMILES string of the molecule is Cc1cc(OCc2cccc(C(=O)N(C)C)c2)cc(C)n1. The highest BCUT2D eigenvalue weighted by Gasteiger charge is 2.08. The van der Waals surface area contributed by atoms with Crippen molar-refractivity contribution in [2.75, 3.05) is 14.1 Å². The fraction of sp³-hybridized carbons (Fsp3) is 0.294. The lowest BCUT2D eigenvalue weighted by Gasteiger charge is -2.12. The van der Waals surface area contributed by atoms with E-state index in [1.165, 1.54) is 0 Å². The van der Waals surface area contributed by atoms with Crippen molar-refractivity contribution in [2.45, 2.75) is 20.5 Å². The second-order valence-corrected chi connectivity index (χ2v) is 5.27. The molecule has 2 rings (SSSR count). The highest BCUT2D eigenvalue weighted by atomic mass is 16.5. The van der Waals surface area contributed by atoms with E-state index in [0.717, 1.165) is 22.7 Å². The van der Waals surface area contributed by atoms with E-state index in [0.29, 0.717) is 12.2 Å². The summed E-state index contributed by atoms with van der Waals surface area (Å²) >= 11 is 0. The predicted molar refractivity (Wildman–Crippen MR) is 82.5 cm³/mol. The van der Waals surface area contributed by atoms with Gasteiger partial charge in [-0.15, -0.1) is 0 Å². The molecule has 0 spiro atoms. The zero-order chi connectivity index (χ0) is 15.4. The zero-order valence-corrected chi connectivity index (χ0v) is 12.9. The fourth-order valence-electron chi connectivity index (χ4n) is 2.10. The Morgan fingerprint density at radius 3 is 2.43 bits per heavy atom. The van der Waals surface area contributed by atoms with Crippen LogP contribution in [0.3, 0.4) is 0 Å². The molecule has 1 amide bonds. The molecule has 0 radical (unpaired) electrons. The Morgan fingerprint density at radius 1 is 1.14 bits per heavy atom. The summed E-state index contributed by atoms with van der Waals surface area (Å²) in [4.78, 5) is 17.8. The number of aryl methyl sites for hydroxylation is 2. The van der Waals surface area contributed by atoms with E-state index in [1.54, 1.807) is 19.0 Å². The van der Waals surface area contributed by atoms with Gasteiger partial charge in [0.25, 0.3) is 5.91 Å². The van der Waals surface area contributed by atoms with E-state index in [-0.39, 0.29) is 5.91 Å². The van der Waals surface area contributed by atoms with Crippen molar-refractivity contribution in [3.8, 4) is 5.75 Å². The maximum absolute atomic E-state index is 11.9. The fourth-order valence-corrected chi connectivity index (χ4v) is 2.10. The number of carbonyl (C=O) groups is 1. The van der Waals surface area contributed by atoms with Crippen LogP contribution in [0.2, 0.25) is 0 Å². The van der Waals surface area contributed by atoms with Crippen LogP contribution in [-0.2, 0) is 6.61 Å². The van der Waals surface area contributed by atoms with Gasteiger partial charge in [-0.25, -0.2) is 0 Å². The molecule has 2 aromatic rings. The average Bonchev–Trinajstić information content (AvgIpc) is 2.43. The van der Waals surface area contributed by atoms with Crippen LogP contribution < -0.4 is 4.74 Å². The lowest BCUT2D eigenvalue weighted by molar-refractivity contribution is 0.0827. The molecule has 4 heteroatoms. The van der Waals surface area contributed by atoms with Crippen LogP contribution in [0.5, 0.6) is 5.75 Å². The van der Waals surface area contributed by atoms with Crippen molar-refractivity contribution in [1.29, 1.82) is 0 Å². The van der Waals surface area contributed by atoms with Crippen LogP contribution in [0.4, 0.5) is 0 Å². The van der Waals surface area contributed by atoms with Gasteiger partial charge in [-0.05, 0) is 31.5 Å². The van der Waals surface area contributed by atoms with Gasteiger partial charge in [0.05, 0.1) is 0 Å². The second kappa shape index (κ2) is 6.39. The van der Waals surface area contributed by atoms with E-state index >= 15 is 0 Å². The standard InChI is InChI=1S/C17H20N2O2/c1-12-8-16(9-13(2)18-12)21-11-14-6-5-7-15(10-14)17(20)19(3)4/h5-10H,11H2,1-4H3. The molecule has 0 aliphatic rings. The summed E-state index contributed by atoms with van der Waals surface area (Å²) in [6.45, 7) is 4.31. The Hall–Kier alpha value is -2.36. The molecule has 0 aliphatic carbocycles. The molecular formula is C17H20N2O2. The third-order valence-electron chi connectivity index (χ3n) is 3.04. The molecule has 0 fully saturated rings. The molecule has 1 heterocycles. The van der Waals surface area contributed by atoms with Gasteiger partial charge in [-0.1, -0.05) is 12.1 Å². The third kappa shape index (κ3) is 4.05. The van der Waals surface area contributed by atoms with Crippen LogP contribution in [0.15, 0.2) is 36.4 Å².